The average Bonchev–Trinajstić information content (AvgIpc) is 2.56. The molecule has 2 rings (SSSR count). The number of rotatable bonds is 3. The molecule has 0 unspecified atom stereocenters. The molecule has 0 aromatic heterocycles. The minimum absolute atomic E-state index is 0.507. The van der Waals surface area contributed by atoms with Crippen LogP contribution < -0.4 is 5.32 Å². The Balaban J connectivity index is 1.99. The predicted octanol–water partition coefficient (Wildman–Crippen LogP) is 3.80. The van der Waals surface area contributed by atoms with Gasteiger partial charge in [0.25, 0.3) is 0 Å². The second-order valence-corrected chi connectivity index (χ2v) is 5.81. The van der Waals surface area contributed by atoms with Gasteiger partial charge in [-0.2, -0.15) is 0 Å². The highest BCUT2D eigenvalue weighted by Crippen LogP contribution is 2.28. The van der Waals surface area contributed by atoms with Gasteiger partial charge >= 0.3 is 0 Å². The van der Waals surface area contributed by atoms with Gasteiger partial charge in [0.1, 0.15) is 0 Å². The summed E-state index contributed by atoms with van der Waals surface area (Å²) in [7, 11) is 0. The number of hydrogen-bond donors (Lipinski definition) is 2. The fourth-order valence-corrected chi connectivity index (χ4v) is 2.75. The van der Waals surface area contributed by atoms with Crippen molar-refractivity contribution in [1.29, 1.82) is 0 Å². The summed E-state index contributed by atoms with van der Waals surface area (Å²) >= 11 is 0. The average molecular weight is 247 g/mol. The maximum absolute atomic E-state index is 10.6. The molecule has 0 atom stereocenters. The molecular weight excluding hydrogens is 222 g/mol. The number of anilines is 1. The van der Waals surface area contributed by atoms with Crippen molar-refractivity contribution in [3.8, 4) is 0 Å². The van der Waals surface area contributed by atoms with E-state index in [1.165, 1.54) is 24.0 Å². The standard InChI is InChI=1S/C16H25NO/c1-13-7-8-14(2)15(11-13)17-12-16(18)9-5-3-4-6-10-16/h7-8,11,17-18H,3-6,9-10,12H2,1-2H3. The van der Waals surface area contributed by atoms with Crippen molar-refractivity contribution in [2.75, 3.05) is 11.9 Å². The SMILES string of the molecule is Cc1ccc(C)c(NCC2(O)CCCCCC2)c1. The quantitative estimate of drug-likeness (QED) is 0.796. The monoisotopic (exact) mass is 247 g/mol. The molecule has 100 valence electrons. The molecule has 0 amide bonds. The molecule has 0 saturated heterocycles. The normalized spacial score (nSPS) is 19.3. The number of aliphatic hydroxyl groups is 1. The molecule has 0 radical (unpaired) electrons. The summed E-state index contributed by atoms with van der Waals surface area (Å²) in [5.41, 5.74) is 3.16. The Bertz CT molecular complexity index is 392. The summed E-state index contributed by atoms with van der Waals surface area (Å²) in [6.07, 6.45) is 6.73. The maximum atomic E-state index is 10.6. The van der Waals surface area contributed by atoms with Crippen LogP contribution in [0.2, 0.25) is 0 Å². The van der Waals surface area contributed by atoms with Crippen LogP contribution >= 0.6 is 0 Å². The van der Waals surface area contributed by atoms with Gasteiger partial charge in [-0.05, 0) is 43.9 Å². The zero-order valence-corrected chi connectivity index (χ0v) is 11.6. The van der Waals surface area contributed by atoms with E-state index in [0.29, 0.717) is 6.54 Å². The number of aryl methyl sites for hydroxylation is 2. The van der Waals surface area contributed by atoms with E-state index in [9.17, 15) is 5.11 Å². The summed E-state index contributed by atoms with van der Waals surface area (Å²) < 4.78 is 0. The lowest BCUT2D eigenvalue weighted by Gasteiger charge is -2.27. The van der Waals surface area contributed by atoms with Crippen LogP contribution in [0.25, 0.3) is 0 Å². The fourth-order valence-electron chi connectivity index (χ4n) is 2.75. The zero-order valence-electron chi connectivity index (χ0n) is 11.6. The van der Waals surface area contributed by atoms with E-state index in [4.69, 9.17) is 0 Å². The first-order valence-corrected chi connectivity index (χ1v) is 7.13. The smallest absolute Gasteiger partial charge is 0.0819 e. The lowest BCUT2D eigenvalue weighted by atomic mass is 9.94. The Labute approximate surface area is 110 Å². The first-order valence-electron chi connectivity index (χ1n) is 7.13. The van der Waals surface area contributed by atoms with Crippen LogP contribution in [0, 0.1) is 13.8 Å². The van der Waals surface area contributed by atoms with E-state index in [2.05, 4.69) is 37.4 Å². The highest BCUT2D eigenvalue weighted by Gasteiger charge is 2.27. The van der Waals surface area contributed by atoms with E-state index < -0.39 is 5.60 Å². The van der Waals surface area contributed by atoms with Crippen LogP contribution in [0.15, 0.2) is 18.2 Å². The summed E-state index contributed by atoms with van der Waals surface area (Å²) in [4.78, 5) is 0. The van der Waals surface area contributed by atoms with Crippen molar-refractivity contribution in [2.45, 2.75) is 58.0 Å². The third-order valence-electron chi connectivity index (χ3n) is 4.04. The molecular formula is C16H25NO. The van der Waals surface area contributed by atoms with E-state index in [1.807, 2.05) is 0 Å². The molecule has 1 aliphatic rings. The van der Waals surface area contributed by atoms with Crippen molar-refractivity contribution in [3.63, 3.8) is 0 Å². The largest absolute Gasteiger partial charge is 0.388 e. The van der Waals surface area contributed by atoms with E-state index in [0.717, 1.165) is 31.4 Å². The molecule has 18 heavy (non-hydrogen) atoms. The highest BCUT2D eigenvalue weighted by molar-refractivity contribution is 5.52. The van der Waals surface area contributed by atoms with Gasteiger partial charge in [-0.1, -0.05) is 37.8 Å². The van der Waals surface area contributed by atoms with Crippen molar-refractivity contribution in [3.05, 3.63) is 29.3 Å². The summed E-state index contributed by atoms with van der Waals surface area (Å²) in [6.45, 7) is 4.89. The van der Waals surface area contributed by atoms with E-state index >= 15 is 0 Å². The third-order valence-corrected chi connectivity index (χ3v) is 4.04. The van der Waals surface area contributed by atoms with E-state index in [-0.39, 0.29) is 0 Å². The second kappa shape index (κ2) is 5.75. The molecule has 2 N–H and O–H groups in total. The van der Waals surface area contributed by atoms with Gasteiger partial charge in [-0.3, -0.25) is 0 Å². The lowest BCUT2D eigenvalue weighted by Crippen LogP contribution is -2.36. The van der Waals surface area contributed by atoms with Crippen LogP contribution in [-0.2, 0) is 0 Å². The van der Waals surface area contributed by atoms with Gasteiger partial charge in [0.05, 0.1) is 5.60 Å². The number of benzene rings is 1. The summed E-state index contributed by atoms with van der Waals surface area (Å²) in [5.74, 6) is 0. The molecule has 0 spiro atoms. The van der Waals surface area contributed by atoms with Crippen LogP contribution in [-0.4, -0.2) is 17.3 Å². The van der Waals surface area contributed by atoms with Gasteiger partial charge in [-0.15, -0.1) is 0 Å². The Morgan fingerprint density at radius 1 is 1.11 bits per heavy atom. The second-order valence-electron chi connectivity index (χ2n) is 5.81. The molecule has 1 aromatic carbocycles. The van der Waals surface area contributed by atoms with Gasteiger partial charge in [-0.25, -0.2) is 0 Å². The molecule has 1 fully saturated rings. The maximum Gasteiger partial charge on any atom is 0.0819 e. The zero-order chi connectivity index (χ0) is 13.0. The van der Waals surface area contributed by atoms with E-state index in [1.54, 1.807) is 0 Å². The lowest BCUT2D eigenvalue weighted by molar-refractivity contribution is 0.0381. The van der Waals surface area contributed by atoms with Crippen LogP contribution in [0.4, 0.5) is 5.69 Å². The third kappa shape index (κ3) is 3.49. The van der Waals surface area contributed by atoms with Crippen molar-refractivity contribution in [1.82, 2.24) is 0 Å². The first-order chi connectivity index (χ1) is 8.59. The summed E-state index contributed by atoms with van der Waals surface area (Å²) in [6, 6.07) is 6.42. The minimum atomic E-state index is -0.507. The molecule has 0 aliphatic heterocycles. The van der Waals surface area contributed by atoms with Gasteiger partial charge < -0.3 is 10.4 Å². The number of hydrogen-bond acceptors (Lipinski definition) is 2. The highest BCUT2D eigenvalue weighted by atomic mass is 16.3. The molecule has 0 heterocycles. The van der Waals surface area contributed by atoms with Gasteiger partial charge in [0.15, 0.2) is 0 Å². The van der Waals surface area contributed by atoms with Crippen LogP contribution in [0.3, 0.4) is 0 Å². The Morgan fingerprint density at radius 2 is 1.78 bits per heavy atom. The molecule has 2 nitrogen and oxygen atoms in total. The fraction of sp³-hybridized carbons (Fsp3) is 0.625. The molecule has 0 bridgehead atoms. The van der Waals surface area contributed by atoms with Crippen molar-refractivity contribution < 1.29 is 5.11 Å². The van der Waals surface area contributed by atoms with Crippen LogP contribution in [0.1, 0.15) is 49.7 Å². The van der Waals surface area contributed by atoms with Gasteiger partial charge in [0.2, 0.25) is 0 Å². The Hall–Kier alpha value is -1.02. The molecule has 1 aromatic rings. The first kappa shape index (κ1) is 13.4. The molecule has 2 heteroatoms. The van der Waals surface area contributed by atoms with Crippen LogP contribution in [0.5, 0.6) is 0 Å². The Kier molecular flexibility index (Phi) is 4.28. The summed E-state index contributed by atoms with van der Waals surface area (Å²) in [5, 5.41) is 14.1. The molecule has 1 aliphatic carbocycles. The predicted molar refractivity (Wildman–Crippen MR) is 77.1 cm³/mol. The topological polar surface area (TPSA) is 32.3 Å². The van der Waals surface area contributed by atoms with Crippen molar-refractivity contribution >= 4 is 5.69 Å². The van der Waals surface area contributed by atoms with Gasteiger partial charge in [0, 0.05) is 12.2 Å². The Morgan fingerprint density at radius 3 is 2.44 bits per heavy atom. The number of nitrogens with one attached hydrogen (secondary N) is 1. The molecule has 1 saturated carbocycles. The minimum Gasteiger partial charge on any atom is -0.388 e. The van der Waals surface area contributed by atoms with Crippen molar-refractivity contribution in [2.24, 2.45) is 0 Å².